The van der Waals surface area contributed by atoms with Gasteiger partial charge in [-0.2, -0.15) is 0 Å². The molecule has 1 heterocycles. The summed E-state index contributed by atoms with van der Waals surface area (Å²) in [6, 6.07) is 0. The molecule has 0 radical (unpaired) electrons. The summed E-state index contributed by atoms with van der Waals surface area (Å²) >= 11 is 0. The van der Waals surface area contributed by atoms with E-state index in [0.717, 1.165) is 6.42 Å². The lowest BCUT2D eigenvalue weighted by Crippen LogP contribution is -2.36. The highest BCUT2D eigenvalue weighted by atomic mass is 16.6. The Morgan fingerprint density at radius 3 is 2.82 bits per heavy atom. The van der Waals surface area contributed by atoms with Crippen LogP contribution in [0.15, 0.2) is 0 Å². The Morgan fingerprint density at radius 1 is 1.53 bits per heavy atom. The van der Waals surface area contributed by atoms with E-state index in [1.165, 1.54) is 0 Å². The fourth-order valence-corrected chi connectivity index (χ4v) is 1.64. The SMILES string of the molecule is C#CCCOC1CCN(C(=O)OC(C)(C)C)C1. The van der Waals surface area contributed by atoms with Crippen LogP contribution < -0.4 is 0 Å². The summed E-state index contributed by atoms with van der Waals surface area (Å²) in [7, 11) is 0. The second-order valence-corrected chi connectivity index (χ2v) is 5.16. The van der Waals surface area contributed by atoms with Gasteiger partial charge in [0.05, 0.1) is 19.3 Å². The first-order valence-corrected chi connectivity index (χ1v) is 5.95. The molecular weight excluding hydrogens is 218 g/mol. The zero-order valence-corrected chi connectivity index (χ0v) is 10.9. The van der Waals surface area contributed by atoms with Crippen molar-refractivity contribution >= 4 is 6.09 Å². The molecule has 0 aromatic heterocycles. The van der Waals surface area contributed by atoms with Gasteiger partial charge in [-0.05, 0) is 27.2 Å². The number of hydrogen-bond donors (Lipinski definition) is 0. The summed E-state index contributed by atoms with van der Waals surface area (Å²) in [6.45, 7) is 7.43. The first kappa shape index (κ1) is 13.9. The van der Waals surface area contributed by atoms with Crippen molar-refractivity contribution in [3.05, 3.63) is 0 Å². The molecule has 0 aliphatic carbocycles. The third-order valence-electron chi connectivity index (χ3n) is 2.40. The molecule has 1 fully saturated rings. The van der Waals surface area contributed by atoms with E-state index in [4.69, 9.17) is 15.9 Å². The van der Waals surface area contributed by atoms with Crippen molar-refractivity contribution in [2.75, 3.05) is 19.7 Å². The summed E-state index contributed by atoms with van der Waals surface area (Å²) in [4.78, 5) is 13.4. The van der Waals surface area contributed by atoms with Crippen molar-refractivity contribution in [2.24, 2.45) is 0 Å². The van der Waals surface area contributed by atoms with Gasteiger partial charge < -0.3 is 14.4 Å². The highest BCUT2D eigenvalue weighted by molar-refractivity contribution is 5.68. The van der Waals surface area contributed by atoms with Gasteiger partial charge in [0.1, 0.15) is 5.60 Å². The molecule has 17 heavy (non-hydrogen) atoms. The highest BCUT2D eigenvalue weighted by Gasteiger charge is 2.29. The zero-order chi connectivity index (χ0) is 12.9. The zero-order valence-electron chi connectivity index (χ0n) is 10.9. The monoisotopic (exact) mass is 239 g/mol. The van der Waals surface area contributed by atoms with E-state index in [9.17, 15) is 4.79 Å². The Labute approximate surface area is 103 Å². The summed E-state index contributed by atoms with van der Waals surface area (Å²) < 4.78 is 10.9. The van der Waals surface area contributed by atoms with Crippen molar-refractivity contribution in [3.63, 3.8) is 0 Å². The van der Waals surface area contributed by atoms with E-state index in [-0.39, 0.29) is 12.2 Å². The summed E-state index contributed by atoms with van der Waals surface area (Å²) in [5.74, 6) is 2.53. The van der Waals surface area contributed by atoms with E-state index >= 15 is 0 Å². The minimum Gasteiger partial charge on any atom is -0.444 e. The molecule has 1 rings (SSSR count). The molecule has 4 heteroatoms. The van der Waals surface area contributed by atoms with Crippen LogP contribution >= 0.6 is 0 Å². The van der Waals surface area contributed by atoms with Gasteiger partial charge in [0.15, 0.2) is 0 Å². The molecule has 0 aromatic rings. The first-order chi connectivity index (χ1) is 7.92. The van der Waals surface area contributed by atoms with E-state index in [1.54, 1.807) is 4.90 Å². The third-order valence-corrected chi connectivity index (χ3v) is 2.40. The maximum Gasteiger partial charge on any atom is 0.410 e. The molecule has 1 aliphatic heterocycles. The largest absolute Gasteiger partial charge is 0.444 e. The molecule has 0 saturated carbocycles. The third kappa shape index (κ3) is 5.10. The molecule has 1 amide bonds. The van der Waals surface area contributed by atoms with Gasteiger partial charge in [-0.1, -0.05) is 0 Å². The molecule has 1 aliphatic rings. The summed E-state index contributed by atoms with van der Waals surface area (Å²) in [5.41, 5.74) is -0.445. The van der Waals surface area contributed by atoms with Crippen LogP contribution in [0.1, 0.15) is 33.6 Å². The maximum atomic E-state index is 11.8. The topological polar surface area (TPSA) is 38.8 Å². The van der Waals surface area contributed by atoms with Crippen LogP contribution in [-0.4, -0.2) is 42.4 Å². The van der Waals surface area contributed by atoms with E-state index in [1.807, 2.05) is 20.8 Å². The van der Waals surface area contributed by atoms with Crippen molar-refractivity contribution in [3.8, 4) is 12.3 Å². The number of carbonyl (C=O) groups excluding carboxylic acids is 1. The molecule has 96 valence electrons. The Kier molecular flexibility index (Phi) is 4.83. The first-order valence-electron chi connectivity index (χ1n) is 5.95. The van der Waals surface area contributed by atoms with Gasteiger partial charge in [0.2, 0.25) is 0 Å². The molecule has 1 saturated heterocycles. The van der Waals surface area contributed by atoms with Gasteiger partial charge in [0.25, 0.3) is 0 Å². The lowest BCUT2D eigenvalue weighted by molar-refractivity contribution is 0.0216. The normalized spacial score (nSPS) is 20.1. The van der Waals surface area contributed by atoms with Crippen molar-refractivity contribution in [1.82, 2.24) is 4.90 Å². The van der Waals surface area contributed by atoms with Crippen LogP contribution in [-0.2, 0) is 9.47 Å². The number of carbonyl (C=O) groups is 1. The molecule has 1 unspecified atom stereocenters. The maximum absolute atomic E-state index is 11.8. The van der Waals surface area contributed by atoms with Crippen LogP contribution in [0.25, 0.3) is 0 Å². The Bertz CT molecular complexity index is 301. The Balaban J connectivity index is 2.30. The number of ether oxygens (including phenoxy) is 2. The predicted molar refractivity (Wildman–Crippen MR) is 65.6 cm³/mol. The van der Waals surface area contributed by atoms with Crippen LogP contribution in [0, 0.1) is 12.3 Å². The molecule has 4 nitrogen and oxygen atoms in total. The molecular formula is C13H21NO3. The predicted octanol–water partition coefficient (Wildman–Crippen LogP) is 2.04. The van der Waals surface area contributed by atoms with Gasteiger partial charge in [-0.25, -0.2) is 4.79 Å². The smallest absolute Gasteiger partial charge is 0.410 e. The van der Waals surface area contributed by atoms with Crippen LogP contribution in [0.4, 0.5) is 4.79 Å². The van der Waals surface area contributed by atoms with E-state index < -0.39 is 5.60 Å². The number of rotatable bonds is 3. The van der Waals surface area contributed by atoms with E-state index in [2.05, 4.69) is 5.92 Å². The lowest BCUT2D eigenvalue weighted by Gasteiger charge is -2.24. The van der Waals surface area contributed by atoms with Gasteiger partial charge >= 0.3 is 6.09 Å². The van der Waals surface area contributed by atoms with Gasteiger partial charge in [-0.3, -0.25) is 0 Å². The number of hydrogen-bond acceptors (Lipinski definition) is 3. The fraction of sp³-hybridized carbons (Fsp3) is 0.769. The van der Waals surface area contributed by atoms with Crippen molar-refractivity contribution < 1.29 is 14.3 Å². The summed E-state index contributed by atoms with van der Waals surface area (Å²) in [5, 5.41) is 0. The van der Waals surface area contributed by atoms with Gasteiger partial charge in [-0.15, -0.1) is 12.3 Å². The Hall–Kier alpha value is -1.21. The van der Waals surface area contributed by atoms with Crippen LogP contribution in [0.3, 0.4) is 0 Å². The fourth-order valence-electron chi connectivity index (χ4n) is 1.64. The molecule has 0 spiro atoms. The van der Waals surface area contributed by atoms with Crippen molar-refractivity contribution in [1.29, 1.82) is 0 Å². The second kappa shape index (κ2) is 5.92. The van der Waals surface area contributed by atoms with E-state index in [0.29, 0.717) is 26.1 Å². The minimum atomic E-state index is -0.445. The highest BCUT2D eigenvalue weighted by Crippen LogP contribution is 2.17. The number of amides is 1. The Morgan fingerprint density at radius 2 is 2.24 bits per heavy atom. The average Bonchev–Trinajstić information content (AvgIpc) is 2.64. The lowest BCUT2D eigenvalue weighted by atomic mass is 10.2. The van der Waals surface area contributed by atoms with Crippen LogP contribution in [0.5, 0.6) is 0 Å². The van der Waals surface area contributed by atoms with Gasteiger partial charge in [0, 0.05) is 13.0 Å². The van der Waals surface area contributed by atoms with Crippen molar-refractivity contribution in [2.45, 2.75) is 45.3 Å². The number of likely N-dealkylation sites (tertiary alicyclic amines) is 1. The molecule has 1 atom stereocenters. The standard InChI is InChI=1S/C13H21NO3/c1-5-6-9-16-11-7-8-14(10-11)12(15)17-13(2,3)4/h1,11H,6-10H2,2-4H3. The second-order valence-electron chi connectivity index (χ2n) is 5.16. The summed E-state index contributed by atoms with van der Waals surface area (Å²) in [6.07, 6.45) is 6.44. The minimum absolute atomic E-state index is 0.0934. The average molecular weight is 239 g/mol. The quantitative estimate of drug-likeness (QED) is 0.559. The molecule has 0 N–H and O–H groups in total. The number of terminal acetylenes is 1. The number of nitrogens with zero attached hydrogens (tertiary/aromatic N) is 1. The molecule has 0 bridgehead atoms. The van der Waals surface area contributed by atoms with Crippen LogP contribution in [0.2, 0.25) is 0 Å². The molecule has 0 aromatic carbocycles.